The fourth-order valence-electron chi connectivity index (χ4n) is 0.654. The van der Waals surface area contributed by atoms with Crippen LogP contribution in [0.15, 0.2) is 12.2 Å². The van der Waals surface area contributed by atoms with Gasteiger partial charge in [-0.15, -0.1) is 0 Å². The van der Waals surface area contributed by atoms with Crippen LogP contribution in [-0.4, -0.2) is 25.5 Å². The highest BCUT2D eigenvalue weighted by molar-refractivity contribution is 4.84. The second kappa shape index (κ2) is 5.48. The SMILES string of the molecule is CC(C)C/C=C/CN(C)C. The molecule has 1 nitrogen and oxygen atoms in total. The van der Waals surface area contributed by atoms with Gasteiger partial charge < -0.3 is 4.90 Å². The lowest BCUT2D eigenvalue weighted by molar-refractivity contribution is 0.455. The molecule has 0 aromatic heterocycles. The van der Waals surface area contributed by atoms with E-state index in [1.165, 1.54) is 6.42 Å². The van der Waals surface area contributed by atoms with Gasteiger partial charge in [-0.25, -0.2) is 0 Å². The van der Waals surface area contributed by atoms with Gasteiger partial charge in [0.2, 0.25) is 0 Å². The third-order valence-corrected chi connectivity index (χ3v) is 1.24. The Bertz CT molecular complexity index is 80.9. The van der Waals surface area contributed by atoms with Crippen LogP contribution in [0, 0.1) is 5.92 Å². The summed E-state index contributed by atoms with van der Waals surface area (Å²) in [6, 6.07) is 0. The minimum absolute atomic E-state index is 0.790. The maximum atomic E-state index is 2.25. The van der Waals surface area contributed by atoms with E-state index in [2.05, 4.69) is 45.0 Å². The molecule has 10 heavy (non-hydrogen) atoms. The normalized spacial score (nSPS) is 12.2. The number of hydrogen-bond acceptors (Lipinski definition) is 1. The van der Waals surface area contributed by atoms with E-state index in [-0.39, 0.29) is 0 Å². The molecule has 0 amide bonds. The Morgan fingerprint density at radius 1 is 1.20 bits per heavy atom. The predicted molar refractivity (Wildman–Crippen MR) is 47.1 cm³/mol. The van der Waals surface area contributed by atoms with E-state index < -0.39 is 0 Å². The summed E-state index contributed by atoms with van der Waals surface area (Å²) >= 11 is 0. The average Bonchev–Trinajstić information content (AvgIpc) is 1.79. The zero-order chi connectivity index (χ0) is 7.98. The molecule has 0 radical (unpaired) electrons. The van der Waals surface area contributed by atoms with Gasteiger partial charge in [0.1, 0.15) is 0 Å². The van der Waals surface area contributed by atoms with Crippen LogP contribution < -0.4 is 0 Å². The summed E-state index contributed by atoms with van der Waals surface area (Å²) in [4.78, 5) is 2.16. The number of hydrogen-bond donors (Lipinski definition) is 0. The van der Waals surface area contributed by atoms with Gasteiger partial charge in [0.05, 0.1) is 0 Å². The zero-order valence-electron chi connectivity index (χ0n) is 7.59. The zero-order valence-corrected chi connectivity index (χ0v) is 7.59. The van der Waals surface area contributed by atoms with Crippen LogP contribution in [0.4, 0.5) is 0 Å². The summed E-state index contributed by atoms with van der Waals surface area (Å²) in [7, 11) is 4.17. The third kappa shape index (κ3) is 7.70. The molecule has 0 aliphatic rings. The van der Waals surface area contributed by atoms with Crippen molar-refractivity contribution >= 4 is 0 Å². The fourth-order valence-corrected chi connectivity index (χ4v) is 0.654. The highest BCUT2D eigenvalue weighted by Gasteiger charge is 1.87. The van der Waals surface area contributed by atoms with Crippen molar-refractivity contribution in [1.82, 2.24) is 4.90 Å². The van der Waals surface area contributed by atoms with E-state index >= 15 is 0 Å². The van der Waals surface area contributed by atoms with Gasteiger partial charge in [-0.1, -0.05) is 26.0 Å². The molecule has 1 heteroatoms. The van der Waals surface area contributed by atoms with E-state index in [0.717, 1.165) is 12.5 Å². The minimum Gasteiger partial charge on any atom is -0.306 e. The van der Waals surface area contributed by atoms with Crippen LogP contribution in [0.25, 0.3) is 0 Å². The lowest BCUT2D eigenvalue weighted by Gasteiger charge is -2.03. The van der Waals surface area contributed by atoms with Gasteiger partial charge in [-0.2, -0.15) is 0 Å². The molecule has 0 fully saturated rings. The number of rotatable bonds is 4. The van der Waals surface area contributed by atoms with Gasteiger partial charge in [0, 0.05) is 6.54 Å². The first kappa shape index (κ1) is 9.70. The van der Waals surface area contributed by atoms with Crippen molar-refractivity contribution in [2.45, 2.75) is 20.3 Å². The van der Waals surface area contributed by atoms with E-state index in [1.807, 2.05) is 0 Å². The Morgan fingerprint density at radius 3 is 2.20 bits per heavy atom. The molecule has 0 aliphatic heterocycles. The van der Waals surface area contributed by atoms with Crippen molar-refractivity contribution in [3.05, 3.63) is 12.2 Å². The molecule has 0 bridgehead atoms. The molecule has 0 aromatic carbocycles. The lowest BCUT2D eigenvalue weighted by atomic mass is 10.1. The number of nitrogens with zero attached hydrogens (tertiary/aromatic N) is 1. The molecule has 0 N–H and O–H groups in total. The monoisotopic (exact) mass is 141 g/mol. The quantitative estimate of drug-likeness (QED) is 0.542. The molecule has 0 atom stereocenters. The first-order valence-electron chi connectivity index (χ1n) is 3.92. The maximum Gasteiger partial charge on any atom is 0.0157 e. The van der Waals surface area contributed by atoms with Crippen molar-refractivity contribution in [3.8, 4) is 0 Å². The Kier molecular flexibility index (Phi) is 5.32. The Labute approximate surface area is 64.7 Å². The topological polar surface area (TPSA) is 3.24 Å². The summed E-state index contributed by atoms with van der Waals surface area (Å²) in [6.07, 6.45) is 5.68. The first-order chi connectivity index (χ1) is 4.63. The third-order valence-electron chi connectivity index (χ3n) is 1.24. The van der Waals surface area contributed by atoms with Crippen molar-refractivity contribution < 1.29 is 0 Å². The molecular formula is C9H19N. The molecule has 0 unspecified atom stereocenters. The van der Waals surface area contributed by atoms with Crippen molar-refractivity contribution in [2.75, 3.05) is 20.6 Å². The smallest absolute Gasteiger partial charge is 0.0157 e. The molecule has 0 saturated carbocycles. The van der Waals surface area contributed by atoms with Crippen LogP contribution in [-0.2, 0) is 0 Å². The van der Waals surface area contributed by atoms with Gasteiger partial charge in [-0.05, 0) is 26.4 Å². The molecular weight excluding hydrogens is 122 g/mol. The van der Waals surface area contributed by atoms with Crippen LogP contribution >= 0.6 is 0 Å². The van der Waals surface area contributed by atoms with Crippen LogP contribution in [0.3, 0.4) is 0 Å². The van der Waals surface area contributed by atoms with Gasteiger partial charge in [-0.3, -0.25) is 0 Å². The number of allylic oxidation sites excluding steroid dienone is 1. The van der Waals surface area contributed by atoms with Crippen LogP contribution in [0.1, 0.15) is 20.3 Å². The van der Waals surface area contributed by atoms with E-state index in [0.29, 0.717) is 0 Å². The number of likely N-dealkylation sites (N-methyl/N-ethyl adjacent to an activating group) is 1. The molecule has 0 spiro atoms. The van der Waals surface area contributed by atoms with Crippen molar-refractivity contribution in [2.24, 2.45) is 5.92 Å². The van der Waals surface area contributed by atoms with E-state index in [9.17, 15) is 0 Å². The summed E-state index contributed by atoms with van der Waals surface area (Å²) in [5.74, 6) is 0.790. The highest BCUT2D eigenvalue weighted by atomic mass is 15.0. The summed E-state index contributed by atoms with van der Waals surface area (Å²) in [5, 5.41) is 0. The molecule has 0 rings (SSSR count). The Balaban J connectivity index is 3.20. The summed E-state index contributed by atoms with van der Waals surface area (Å²) in [6.45, 7) is 5.53. The minimum atomic E-state index is 0.790. The van der Waals surface area contributed by atoms with Crippen molar-refractivity contribution in [1.29, 1.82) is 0 Å². The molecule has 0 heterocycles. The van der Waals surface area contributed by atoms with E-state index in [4.69, 9.17) is 0 Å². The highest BCUT2D eigenvalue weighted by Crippen LogP contribution is 1.99. The molecule has 60 valence electrons. The standard InChI is InChI=1S/C9H19N/c1-9(2)7-5-6-8-10(3)4/h5-6,9H,7-8H2,1-4H3/b6-5+. The van der Waals surface area contributed by atoms with Crippen LogP contribution in [0.5, 0.6) is 0 Å². The van der Waals surface area contributed by atoms with Gasteiger partial charge in [0.15, 0.2) is 0 Å². The maximum absolute atomic E-state index is 2.25. The van der Waals surface area contributed by atoms with Crippen molar-refractivity contribution in [3.63, 3.8) is 0 Å². The second-order valence-corrected chi connectivity index (χ2v) is 3.36. The lowest BCUT2D eigenvalue weighted by Crippen LogP contribution is -2.10. The van der Waals surface area contributed by atoms with Crippen LogP contribution in [0.2, 0.25) is 0 Å². The van der Waals surface area contributed by atoms with Gasteiger partial charge >= 0.3 is 0 Å². The second-order valence-electron chi connectivity index (χ2n) is 3.36. The molecule has 0 aliphatic carbocycles. The Hall–Kier alpha value is -0.300. The largest absolute Gasteiger partial charge is 0.306 e. The first-order valence-corrected chi connectivity index (χ1v) is 3.92. The summed E-state index contributed by atoms with van der Waals surface area (Å²) in [5.41, 5.74) is 0. The van der Waals surface area contributed by atoms with E-state index in [1.54, 1.807) is 0 Å². The average molecular weight is 141 g/mol. The predicted octanol–water partition coefficient (Wildman–Crippen LogP) is 2.15. The molecule has 0 aromatic rings. The Morgan fingerprint density at radius 2 is 1.80 bits per heavy atom. The van der Waals surface area contributed by atoms with Gasteiger partial charge in [0.25, 0.3) is 0 Å². The molecule has 0 saturated heterocycles. The summed E-state index contributed by atoms with van der Waals surface area (Å²) < 4.78 is 0. The fraction of sp³-hybridized carbons (Fsp3) is 0.778.